The van der Waals surface area contributed by atoms with Gasteiger partial charge in [0.2, 0.25) is 0 Å². The molecular formula is C5H7NO2S. The molecule has 1 N–H and O–H groups in total. The molecule has 1 rings (SSSR count). The van der Waals surface area contributed by atoms with Crippen molar-refractivity contribution in [2.24, 2.45) is 0 Å². The van der Waals surface area contributed by atoms with Crippen LogP contribution in [0.5, 0.6) is 10.3 Å². The molecule has 1 aromatic rings. The smallest absolute Gasteiger partial charge is 0.276 e. The van der Waals surface area contributed by atoms with Gasteiger partial charge < -0.3 is 9.84 Å². The highest BCUT2D eigenvalue weighted by molar-refractivity contribution is 7.15. The molecule has 0 unspecified atom stereocenters. The molecule has 0 aliphatic heterocycles. The minimum Gasteiger partial charge on any atom is -0.498 e. The predicted octanol–water partition coefficient (Wildman–Crippen LogP) is 1.25. The van der Waals surface area contributed by atoms with Crippen molar-refractivity contribution < 1.29 is 9.84 Å². The van der Waals surface area contributed by atoms with Gasteiger partial charge in [-0.05, 0) is 18.3 Å². The highest BCUT2D eigenvalue weighted by Crippen LogP contribution is 2.25. The van der Waals surface area contributed by atoms with Crippen molar-refractivity contribution in [1.82, 2.24) is 4.98 Å². The van der Waals surface area contributed by atoms with Crippen molar-refractivity contribution in [3.63, 3.8) is 0 Å². The van der Waals surface area contributed by atoms with E-state index in [1.165, 1.54) is 6.20 Å². The Morgan fingerprint density at radius 3 is 3.11 bits per heavy atom. The molecule has 0 atom stereocenters. The molecule has 4 heteroatoms. The third kappa shape index (κ3) is 1.57. The van der Waals surface area contributed by atoms with Crippen LogP contribution in [0.3, 0.4) is 0 Å². The van der Waals surface area contributed by atoms with Crippen LogP contribution < -0.4 is 4.74 Å². The average molecular weight is 145 g/mol. The fourth-order valence-electron chi connectivity index (χ4n) is 0.440. The van der Waals surface area contributed by atoms with Gasteiger partial charge in [0, 0.05) is 0 Å². The normalized spacial score (nSPS) is 9.44. The third-order valence-corrected chi connectivity index (χ3v) is 1.45. The van der Waals surface area contributed by atoms with Gasteiger partial charge in [0.05, 0.1) is 12.8 Å². The molecule has 50 valence electrons. The predicted molar refractivity (Wildman–Crippen MR) is 34.9 cm³/mol. The van der Waals surface area contributed by atoms with Crippen LogP contribution >= 0.6 is 11.3 Å². The summed E-state index contributed by atoms with van der Waals surface area (Å²) in [5.41, 5.74) is 0. The molecule has 0 fully saturated rings. The van der Waals surface area contributed by atoms with Crippen molar-refractivity contribution in [2.75, 3.05) is 6.61 Å². The zero-order chi connectivity index (χ0) is 6.69. The van der Waals surface area contributed by atoms with Crippen LogP contribution in [0.15, 0.2) is 6.20 Å². The third-order valence-electron chi connectivity index (χ3n) is 0.740. The number of nitrogens with zero attached hydrogens (tertiary/aromatic N) is 1. The molecule has 0 aliphatic carbocycles. The van der Waals surface area contributed by atoms with E-state index in [1.807, 2.05) is 6.92 Å². The van der Waals surface area contributed by atoms with Crippen LogP contribution in [0, 0.1) is 0 Å². The van der Waals surface area contributed by atoms with E-state index in [-0.39, 0.29) is 5.06 Å². The van der Waals surface area contributed by atoms with Gasteiger partial charge in [-0.1, -0.05) is 0 Å². The average Bonchev–Trinajstić information content (AvgIpc) is 2.17. The van der Waals surface area contributed by atoms with Crippen LogP contribution in [0.2, 0.25) is 0 Å². The van der Waals surface area contributed by atoms with Gasteiger partial charge in [-0.2, -0.15) is 0 Å². The molecule has 0 radical (unpaired) electrons. The molecule has 0 saturated heterocycles. The zero-order valence-electron chi connectivity index (χ0n) is 5.00. The summed E-state index contributed by atoms with van der Waals surface area (Å²) < 4.78 is 4.97. The quantitative estimate of drug-likeness (QED) is 0.681. The van der Waals surface area contributed by atoms with Gasteiger partial charge in [-0.3, -0.25) is 0 Å². The second-order valence-electron chi connectivity index (χ2n) is 1.40. The maximum atomic E-state index is 8.76. The Kier molecular flexibility index (Phi) is 1.89. The highest BCUT2D eigenvalue weighted by Gasteiger charge is 1.97. The number of hydrogen-bond acceptors (Lipinski definition) is 4. The summed E-state index contributed by atoms with van der Waals surface area (Å²) in [6.07, 6.45) is 1.37. The minimum atomic E-state index is 0.193. The van der Waals surface area contributed by atoms with Crippen LogP contribution in [-0.4, -0.2) is 16.7 Å². The molecule has 0 aromatic carbocycles. The fraction of sp³-hybridized carbons (Fsp3) is 0.400. The van der Waals surface area contributed by atoms with Crippen molar-refractivity contribution in [1.29, 1.82) is 0 Å². The standard InChI is InChI=1S/C5H7NO2S/c1-2-8-5-6-3-4(7)9-5/h3,7H,2H2,1H3. The molecule has 3 nitrogen and oxygen atoms in total. The van der Waals surface area contributed by atoms with Crippen LogP contribution in [-0.2, 0) is 0 Å². The minimum absolute atomic E-state index is 0.193. The highest BCUT2D eigenvalue weighted by atomic mass is 32.1. The molecular weight excluding hydrogens is 138 g/mol. The van der Waals surface area contributed by atoms with Crippen LogP contribution in [0.25, 0.3) is 0 Å². The monoisotopic (exact) mass is 145 g/mol. The lowest BCUT2D eigenvalue weighted by atomic mass is 10.9. The topological polar surface area (TPSA) is 42.4 Å². The lowest BCUT2D eigenvalue weighted by molar-refractivity contribution is 0.338. The molecule has 1 aromatic heterocycles. The summed E-state index contributed by atoms with van der Waals surface area (Å²) >= 11 is 1.13. The van der Waals surface area contributed by atoms with E-state index in [0.717, 1.165) is 11.3 Å². The van der Waals surface area contributed by atoms with Gasteiger partial charge >= 0.3 is 0 Å². The lowest BCUT2D eigenvalue weighted by Crippen LogP contribution is -1.88. The van der Waals surface area contributed by atoms with Crippen molar-refractivity contribution in [3.05, 3.63) is 6.20 Å². The van der Waals surface area contributed by atoms with E-state index in [1.54, 1.807) is 0 Å². The summed E-state index contributed by atoms with van der Waals surface area (Å²) in [5.74, 6) is 0. The number of ether oxygens (including phenoxy) is 1. The first-order valence-corrected chi connectivity index (χ1v) is 3.42. The first kappa shape index (κ1) is 6.35. The Balaban J connectivity index is 2.61. The first-order chi connectivity index (χ1) is 4.33. The zero-order valence-corrected chi connectivity index (χ0v) is 5.81. The fourth-order valence-corrected chi connectivity index (χ4v) is 1.01. The van der Waals surface area contributed by atoms with E-state index < -0.39 is 0 Å². The summed E-state index contributed by atoms with van der Waals surface area (Å²) in [7, 11) is 0. The van der Waals surface area contributed by atoms with Gasteiger partial charge in [-0.15, -0.1) is 0 Å². The molecule has 0 saturated carbocycles. The van der Waals surface area contributed by atoms with Crippen molar-refractivity contribution in [2.45, 2.75) is 6.92 Å². The van der Waals surface area contributed by atoms with Crippen molar-refractivity contribution >= 4 is 11.3 Å². The van der Waals surface area contributed by atoms with Gasteiger partial charge in [0.15, 0.2) is 5.06 Å². The maximum absolute atomic E-state index is 8.76. The summed E-state index contributed by atoms with van der Waals surface area (Å²) in [6, 6.07) is 0. The first-order valence-electron chi connectivity index (χ1n) is 2.60. The molecule has 9 heavy (non-hydrogen) atoms. The van der Waals surface area contributed by atoms with Gasteiger partial charge in [0.1, 0.15) is 0 Å². The molecule has 0 spiro atoms. The number of hydrogen-bond donors (Lipinski definition) is 1. The summed E-state index contributed by atoms with van der Waals surface area (Å²) in [6.45, 7) is 2.46. The molecule has 0 amide bonds. The van der Waals surface area contributed by atoms with Crippen LogP contribution in [0.1, 0.15) is 6.92 Å². The van der Waals surface area contributed by atoms with E-state index >= 15 is 0 Å². The summed E-state index contributed by atoms with van der Waals surface area (Å²) in [5, 5.41) is 9.47. The van der Waals surface area contributed by atoms with E-state index in [0.29, 0.717) is 11.8 Å². The molecule has 0 aliphatic rings. The lowest BCUT2D eigenvalue weighted by Gasteiger charge is -1.91. The Hall–Kier alpha value is -0.770. The largest absolute Gasteiger partial charge is 0.498 e. The number of aromatic nitrogens is 1. The maximum Gasteiger partial charge on any atom is 0.276 e. The van der Waals surface area contributed by atoms with E-state index in [4.69, 9.17) is 9.84 Å². The van der Waals surface area contributed by atoms with Gasteiger partial charge in [-0.25, -0.2) is 4.98 Å². The van der Waals surface area contributed by atoms with E-state index in [2.05, 4.69) is 4.98 Å². The Labute approximate surface area is 56.9 Å². The van der Waals surface area contributed by atoms with E-state index in [9.17, 15) is 0 Å². The SMILES string of the molecule is CCOc1ncc(O)s1. The number of rotatable bonds is 2. The Bertz CT molecular complexity index is 187. The molecule has 1 heterocycles. The Morgan fingerprint density at radius 2 is 2.67 bits per heavy atom. The number of thiazole rings is 1. The van der Waals surface area contributed by atoms with Crippen LogP contribution in [0.4, 0.5) is 0 Å². The molecule has 0 bridgehead atoms. The number of aromatic hydroxyl groups is 1. The summed E-state index contributed by atoms with van der Waals surface area (Å²) in [4.78, 5) is 3.75. The van der Waals surface area contributed by atoms with Gasteiger partial charge in [0.25, 0.3) is 5.19 Å². The van der Waals surface area contributed by atoms with Crippen molar-refractivity contribution in [3.8, 4) is 10.3 Å². The Morgan fingerprint density at radius 1 is 1.89 bits per heavy atom. The second kappa shape index (κ2) is 2.68. The second-order valence-corrected chi connectivity index (χ2v) is 2.37.